The maximum absolute atomic E-state index is 12.7. The summed E-state index contributed by atoms with van der Waals surface area (Å²) in [4.78, 5) is 30.2. The Labute approximate surface area is 121 Å². The monoisotopic (exact) mass is 282 g/mol. The standard InChI is InChI=1S/C14H26N4O2/c1-16(2)13(19)12-11-15-7-10-18(12)14(20)17-8-5-3-4-6-9-17/h12,15H,3-11H2,1-2H3. The normalized spacial score (nSPS) is 24.2. The average molecular weight is 282 g/mol. The van der Waals surface area contributed by atoms with Crippen molar-refractivity contribution < 1.29 is 9.59 Å². The zero-order chi connectivity index (χ0) is 14.5. The molecule has 0 spiro atoms. The predicted octanol–water partition coefficient (Wildman–Crippen LogP) is 0.344. The third-order valence-electron chi connectivity index (χ3n) is 4.09. The molecule has 20 heavy (non-hydrogen) atoms. The molecule has 0 aromatic heterocycles. The second-order valence-corrected chi connectivity index (χ2v) is 5.83. The minimum atomic E-state index is -0.366. The molecule has 0 aromatic carbocycles. The lowest BCUT2D eigenvalue weighted by Crippen LogP contribution is -2.61. The highest BCUT2D eigenvalue weighted by Gasteiger charge is 2.35. The summed E-state index contributed by atoms with van der Waals surface area (Å²) in [5.74, 6) is 0.000344. The third-order valence-corrected chi connectivity index (χ3v) is 4.09. The van der Waals surface area contributed by atoms with E-state index in [9.17, 15) is 9.59 Å². The van der Waals surface area contributed by atoms with Crippen molar-refractivity contribution in [2.45, 2.75) is 31.7 Å². The number of amides is 3. The van der Waals surface area contributed by atoms with Gasteiger partial charge in [0.05, 0.1) is 0 Å². The van der Waals surface area contributed by atoms with Crippen LogP contribution in [-0.4, -0.2) is 79.5 Å². The second-order valence-electron chi connectivity index (χ2n) is 5.83. The maximum Gasteiger partial charge on any atom is 0.320 e. The summed E-state index contributed by atoms with van der Waals surface area (Å²) in [6, 6.07) is -0.330. The van der Waals surface area contributed by atoms with Crippen LogP contribution < -0.4 is 5.32 Å². The zero-order valence-corrected chi connectivity index (χ0v) is 12.6. The molecule has 0 bridgehead atoms. The van der Waals surface area contributed by atoms with E-state index < -0.39 is 0 Å². The van der Waals surface area contributed by atoms with Gasteiger partial charge in [0.25, 0.3) is 0 Å². The first-order chi connectivity index (χ1) is 9.61. The number of likely N-dealkylation sites (N-methyl/N-ethyl adjacent to an activating group) is 1. The summed E-state index contributed by atoms with van der Waals surface area (Å²) in [7, 11) is 3.48. The van der Waals surface area contributed by atoms with E-state index in [-0.39, 0.29) is 18.0 Å². The molecule has 1 atom stereocenters. The molecule has 6 nitrogen and oxygen atoms in total. The van der Waals surface area contributed by atoms with Crippen molar-refractivity contribution in [3.05, 3.63) is 0 Å². The van der Waals surface area contributed by atoms with E-state index in [1.807, 2.05) is 4.90 Å². The van der Waals surface area contributed by atoms with E-state index in [0.29, 0.717) is 13.1 Å². The minimum Gasteiger partial charge on any atom is -0.347 e. The van der Waals surface area contributed by atoms with Gasteiger partial charge >= 0.3 is 6.03 Å². The van der Waals surface area contributed by atoms with Crippen LogP contribution in [0.25, 0.3) is 0 Å². The smallest absolute Gasteiger partial charge is 0.320 e. The number of nitrogens with one attached hydrogen (secondary N) is 1. The highest BCUT2D eigenvalue weighted by Crippen LogP contribution is 2.15. The number of rotatable bonds is 1. The van der Waals surface area contributed by atoms with Gasteiger partial charge in [0.2, 0.25) is 5.91 Å². The molecule has 0 aliphatic carbocycles. The van der Waals surface area contributed by atoms with Crippen LogP contribution in [0.5, 0.6) is 0 Å². The van der Waals surface area contributed by atoms with Crippen molar-refractivity contribution in [1.29, 1.82) is 0 Å². The Morgan fingerprint density at radius 3 is 2.30 bits per heavy atom. The third kappa shape index (κ3) is 3.42. The number of nitrogens with zero attached hydrogens (tertiary/aromatic N) is 3. The molecule has 2 fully saturated rings. The first-order valence-electron chi connectivity index (χ1n) is 7.58. The molecule has 0 saturated carbocycles. The summed E-state index contributed by atoms with van der Waals surface area (Å²) >= 11 is 0. The van der Waals surface area contributed by atoms with E-state index >= 15 is 0 Å². The Morgan fingerprint density at radius 1 is 1.05 bits per heavy atom. The quantitative estimate of drug-likeness (QED) is 0.755. The largest absolute Gasteiger partial charge is 0.347 e. The van der Waals surface area contributed by atoms with Gasteiger partial charge in [0.15, 0.2) is 0 Å². The van der Waals surface area contributed by atoms with E-state index in [2.05, 4.69) is 5.32 Å². The lowest BCUT2D eigenvalue weighted by Gasteiger charge is -2.39. The number of likely N-dealkylation sites (tertiary alicyclic amines) is 1. The van der Waals surface area contributed by atoms with Gasteiger partial charge in [0, 0.05) is 46.8 Å². The van der Waals surface area contributed by atoms with Gasteiger partial charge in [-0.1, -0.05) is 12.8 Å². The Bertz CT molecular complexity index is 351. The molecule has 3 amide bonds. The predicted molar refractivity (Wildman–Crippen MR) is 77.5 cm³/mol. The van der Waals surface area contributed by atoms with Crippen LogP contribution in [0, 0.1) is 0 Å². The van der Waals surface area contributed by atoms with E-state index in [1.54, 1.807) is 23.9 Å². The van der Waals surface area contributed by atoms with Gasteiger partial charge in [-0.25, -0.2) is 4.79 Å². The second kappa shape index (κ2) is 6.92. The molecule has 114 valence electrons. The van der Waals surface area contributed by atoms with Crippen LogP contribution in [0.3, 0.4) is 0 Å². The van der Waals surface area contributed by atoms with Crippen molar-refractivity contribution in [1.82, 2.24) is 20.0 Å². The van der Waals surface area contributed by atoms with Gasteiger partial charge in [0.1, 0.15) is 6.04 Å². The van der Waals surface area contributed by atoms with Crippen molar-refractivity contribution in [2.75, 3.05) is 46.8 Å². The van der Waals surface area contributed by atoms with Crippen LogP contribution in [0.4, 0.5) is 4.79 Å². The fourth-order valence-electron chi connectivity index (χ4n) is 2.90. The summed E-state index contributed by atoms with van der Waals surface area (Å²) in [6.45, 7) is 3.57. The Kier molecular flexibility index (Phi) is 5.23. The van der Waals surface area contributed by atoms with Crippen LogP contribution in [0.15, 0.2) is 0 Å². The fourth-order valence-corrected chi connectivity index (χ4v) is 2.90. The fraction of sp³-hybridized carbons (Fsp3) is 0.857. The van der Waals surface area contributed by atoms with Gasteiger partial charge in [-0.05, 0) is 12.8 Å². The summed E-state index contributed by atoms with van der Waals surface area (Å²) in [6.07, 6.45) is 4.55. The highest BCUT2D eigenvalue weighted by molar-refractivity contribution is 5.87. The molecule has 2 saturated heterocycles. The Morgan fingerprint density at radius 2 is 1.70 bits per heavy atom. The highest BCUT2D eigenvalue weighted by atomic mass is 16.2. The topological polar surface area (TPSA) is 55.9 Å². The number of carbonyl (C=O) groups is 2. The molecule has 2 heterocycles. The van der Waals surface area contributed by atoms with Crippen molar-refractivity contribution in [3.63, 3.8) is 0 Å². The molecule has 2 aliphatic heterocycles. The molecular formula is C14H26N4O2. The molecule has 2 aliphatic rings. The van der Waals surface area contributed by atoms with Crippen LogP contribution in [0.2, 0.25) is 0 Å². The number of piperazine rings is 1. The van der Waals surface area contributed by atoms with Gasteiger partial charge in [-0.15, -0.1) is 0 Å². The number of carbonyl (C=O) groups excluding carboxylic acids is 2. The summed E-state index contributed by atoms with van der Waals surface area (Å²) in [5.41, 5.74) is 0. The number of urea groups is 1. The molecule has 1 unspecified atom stereocenters. The Balaban J connectivity index is 2.06. The Hall–Kier alpha value is -1.30. The molecule has 0 aromatic rings. The summed E-state index contributed by atoms with van der Waals surface area (Å²) in [5, 5.41) is 3.21. The summed E-state index contributed by atoms with van der Waals surface area (Å²) < 4.78 is 0. The first kappa shape index (κ1) is 15.1. The molecular weight excluding hydrogens is 256 g/mol. The van der Waals surface area contributed by atoms with Crippen LogP contribution >= 0.6 is 0 Å². The number of hydrogen-bond donors (Lipinski definition) is 1. The maximum atomic E-state index is 12.7. The molecule has 0 radical (unpaired) electrons. The lowest BCUT2D eigenvalue weighted by atomic mass is 10.1. The van der Waals surface area contributed by atoms with Gasteiger partial charge < -0.3 is 20.0 Å². The van der Waals surface area contributed by atoms with E-state index in [4.69, 9.17) is 0 Å². The lowest BCUT2D eigenvalue weighted by molar-refractivity contribution is -0.134. The SMILES string of the molecule is CN(C)C(=O)C1CNCCN1C(=O)N1CCCCCC1. The van der Waals surface area contributed by atoms with Crippen LogP contribution in [0.1, 0.15) is 25.7 Å². The van der Waals surface area contributed by atoms with Crippen molar-refractivity contribution in [2.24, 2.45) is 0 Å². The van der Waals surface area contributed by atoms with Gasteiger partial charge in [-0.3, -0.25) is 4.79 Å². The molecule has 1 N–H and O–H groups in total. The first-order valence-corrected chi connectivity index (χ1v) is 7.58. The molecule has 2 rings (SSSR count). The zero-order valence-electron chi connectivity index (χ0n) is 12.6. The van der Waals surface area contributed by atoms with E-state index in [0.717, 1.165) is 32.5 Å². The number of hydrogen-bond acceptors (Lipinski definition) is 3. The van der Waals surface area contributed by atoms with Crippen molar-refractivity contribution >= 4 is 11.9 Å². The van der Waals surface area contributed by atoms with Crippen LogP contribution in [-0.2, 0) is 4.79 Å². The van der Waals surface area contributed by atoms with E-state index in [1.165, 1.54) is 12.8 Å². The van der Waals surface area contributed by atoms with Gasteiger partial charge in [-0.2, -0.15) is 0 Å². The average Bonchev–Trinajstić information content (AvgIpc) is 2.74. The molecule has 6 heteroatoms. The van der Waals surface area contributed by atoms with Crippen molar-refractivity contribution in [3.8, 4) is 0 Å². The minimum absolute atomic E-state index is 0.000344.